The number of nitrogens with zero attached hydrogens (tertiary/aromatic N) is 1. The van der Waals surface area contributed by atoms with Gasteiger partial charge in [-0.05, 0) is 19.1 Å². The fraction of sp³-hybridized carbons (Fsp3) is 0.500. The van der Waals surface area contributed by atoms with Gasteiger partial charge in [0.1, 0.15) is 5.15 Å². The van der Waals surface area contributed by atoms with Crippen LogP contribution in [0.3, 0.4) is 0 Å². The molecule has 0 aliphatic heterocycles. The van der Waals surface area contributed by atoms with Crippen LogP contribution >= 0.6 is 23.4 Å². The molecule has 0 amide bonds. The Labute approximate surface area is 88.9 Å². The smallest absolute Gasteiger partial charge is 0.129 e. The van der Waals surface area contributed by atoms with E-state index in [1.807, 2.05) is 30.8 Å². The summed E-state index contributed by atoms with van der Waals surface area (Å²) in [5.74, 6) is 0. The van der Waals surface area contributed by atoms with Crippen LogP contribution in [0.4, 0.5) is 0 Å². The van der Waals surface area contributed by atoms with Gasteiger partial charge in [0.2, 0.25) is 0 Å². The number of aryl methyl sites for hydroxylation is 1. The Morgan fingerprint density at radius 1 is 1.31 bits per heavy atom. The molecule has 0 aliphatic carbocycles. The maximum Gasteiger partial charge on any atom is 0.129 e. The Kier molecular flexibility index (Phi) is 3.25. The molecular weight excluding hydrogens is 202 g/mol. The molecular formula is C10H14ClNS. The highest BCUT2D eigenvalue weighted by Crippen LogP contribution is 2.33. The van der Waals surface area contributed by atoms with Crippen LogP contribution in [0.15, 0.2) is 17.0 Å². The Morgan fingerprint density at radius 3 is 2.38 bits per heavy atom. The minimum atomic E-state index is 0.222. The van der Waals surface area contributed by atoms with Crippen molar-refractivity contribution >= 4 is 23.4 Å². The monoisotopic (exact) mass is 215 g/mol. The van der Waals surface area contributed by atoms with E-state index in [-0.39, 0.29) is 4.75 Å². The largest absolute Gasteiger partial charge is 0.240 e. The maximum atomic E-state index is 5.77. The molecule has 1 nitrogen and oxygen atoms in total. The summed E-state index contributed by atoms with van der Waals surface area (Å²) in [5.41, 5.74) is 1.01. The van der Waals surface area contributed by atoms with Gasteiger partial charge in [0, 0.05) is 9.64 Å². The molecule has 0 aromatic carbocycles. The number of aromatic nitrogens is 1. The molecule has 0 fully saturated rings. The second-order valence-corrected chi connectivity index (χ2v) is 6.19. The van der Waals surface area contributed by atoms with Crippen molar-refractivity contribution < 1.29 is 0 Å². The number of hydrogen-bond donors (Lipinski definition) is 0. The van der Waals surface area contributed by atoms with E-state index in [1.54, 1.807) is 0 Å². The molecule has 1 aromatic heterocycles. The van der Waals surface area contributed by atoms with Gasteiger partial charge in [0.15, 0.2) is 0 Å². The lowest BCUT2D eigenvalue weighted by molar-refractivity contribution is 0.801. The predicted octanol–water partition coefficient (Wildman–Crippen LogP) is 3.93. The summed E-state index contributed by atoms with van der Waals surface area (Å²) in [5, 5.41) is 0.566. The molecule has 13 heavy (non-hydrogen) atoms. The average molecular weight is 216 g/mol. The van der Waals surface area contributed by atoms with E-state index < -0.39 is 0 Å². The first-order valence-electron chi connectivity index (χ1n) is 4.21. The lowest BCUT2D eigenvalue weighted by Gasteiger charge is -2.18. The van der Waals surface area contributed by atoms with E-state index >= 15 is 0 Å². The summed E-state index contributed by atoms with van der Waals surface area (Å²) in [6, 6.07) is 3.86. The van der Waals surface area contributed by atoms with Crippen LogP contribution in [-0.4, -0.2) is 9.73 Å². The van der Waals surface area contributed by atoms with Gasteiger partial charge < -0.3 is 0 Å². The van der Waals surface area contributed by atoms with Crippen LogP contribution in [-0.2, 0) is 0 Å². The van der Waals surface area contributed by atoms with Gasteiger partial charge >= 0.3 is 0 Å². The van der Waals surface area contributed by atoms with Crippen molar-refractivity contribution in [3.8, 4) is 0 Å². The Balaban J connectivity index is 2.90. The van der Waals surface area contributed by atoms with E-state index in [2.05, 4.69) is 25.8 Å². The molecule has 0 spiro atoms. The molecule has 0 saturated carbocycles. The van der Waals surface area contributed by atoms with E-state index in [9.17, 15) is 0 Å². The number of halogens is 1. The normalized spacial score (nSPS) is 11.8. The van der Waals surface area contributed by atoms with Crippen molar-refractivity contribution in [1.29, 1.82) is 0 Å². The van der Waals surface area contributed by atoms with Crippen LogP contribution in [0.1, 0.15) is 26.5 Å². The summed E-state index contributed by atoms with van der Waals surface area (Å²) in [4.78, 5) is 5.41. The van der Waals surface area contributed by atoms with Crippen LogP contribution in [0.2, 0.25) is 5.15 Å². The minimum absolute atomic E-state index is 0.222. The van der Waals surface area contributed by atoms with Gasteiger partial charge in [-0.2, -0.15) is 0 Å². The van der Waals surface area contributed by atoms with E-state index in [4.69, 9.17) is 11.6 Å². The summed E-state index contributed by atoms with van der Waals surface area (Å²) in [6.45, 7) is 8.54. The summed E-state index contributed by atoms with van der Waals surface area (Å²) in [7, 11) is 0. The first kappa shape index (κ1) is 10.9. The summed E-state index contributed by atoms with van der Waals surface area (Å²) in [6.07, 6.45) is 0. The average Bonchev–Trinajstić information content (AvgIpc) is 1.93. The molecule has 1 rings (SSSR count). The van der Waals surface area contributed by atoms with Crippen molar-refractivity contribution in [2.45, 2.75) is 37.3 Å². The van der Waals surface area contributed by atoms with E-state index in [1.165, 1.54) is 4.90 Å². The zero-order valence-electron chi connectivity index (χ0n) is 8.39. The third-order valence-electron chi connectivity index (χ3n) is 1.42. The quantitative estimate of drug-likeness (QED) is 0.520. The molecule has 0 atom stereocenters. The Hall–Kier alpha value is -0.210. The third kappa shape index (κ3) is 3.57. The van der Waals surface area contributed by atoms with Gasteiger partial charge in [0.05, 0.1) is 5.69 Å². The number of pyridine rings is 1. The Bertz CT molecular complexity index is 304. The van der Waals surface area contributed by atoms with Gasteiger partial charge in [-0.25, -0.2) is 4.98 Å². The fourth-order valence-electron chi connectivity index (χ4n) is 0.955. The SMILES string of the molecule is Cc1nc(Cl)ccc1SC(C)(C)C. The van der Waals surface area contributed by atoms with Crippen molar-refractivity contribution in [2.75, 3.05) is 0 Å². The Morgan fingerprint density at radius 2 is 1.92 bits per heavy atom. The molecule has 0 bridgehead atoms. The molecule has 1 heterocycles. The first-order valence-corrected chi connectivity index (χ1v) is 5.40. The van der Waals surface area contributed by atoms with Gasteiger partial charge in [0.25, 0.3) is 0 Å². The van der Waals surface area contributed by atoms with Gasteiger partial charge in [-0.3, -0.25) is 0 Å². The fourth-order valence-corrected chi connectivity index (χ4v) is 2.13. The van der Waals surface area contributed by atoms with Crippen LogP contribution in [0.5, 0.6) is 0 Å². The second-order valence-electron chi connectivity index (χ2n) is 3.93. The first-order chi connectivity index (χ1) is 5.88. The standard InChI is InChI=1S/C10H14ClNS/c1-7-8(13-10(2,3)4)5-6-9(11)12-7/h5-6H,1-4H3. The zero-order chi connectivity index (χ0) is 10.1. The highest BCUT2D eigenvalue weighted by Gasteiger charge is 2.13. The van der Waals surface area contributed by atoms with Crippen molar-refractivity contribution in [3.63, 3.8) is 0 Å². The lowest BCUT2D eigenvalue weighted by atomic mass is 10.3. The molecule has 0 aliphatic rings. The molecule has 3 heteroatoms. The second kappa shape index (κ2) is 3.89. The molecule has 0 saturated heterocycles. The number of rotatable bonds is 1. The highest BCUT2D eigenvalue weighted by atomic mass is 35.5. The van der Waals surface area contributed by atoms with Crippen LogP contribution < -0.4 is 0 Å². The molecule has 0 unspecified atom stereocenters. The number of hydrogen-bond acceptors (Lipinski definition) is 2. The molecule has 1 aromatic rings. The van der Waals surface area contributed by atoms with Crippen molar-refractivity contribution in [3.05, 3.63) is 23.0 Å². The van der Waals surface area contributed by atoms with Gasteiger partial charge in [-0.15, -0.1) is 11.8 Å². The third-order valence-corrected chi connectivity index (χ3v) is 2.89. The minimum Gasteiger partial charge on any atom is -0.240 e. The summed E-state index contributed by atoms with van der Waals surface area (Å²) < 4.78 is 0.222. The van der Waals surface area contributed by atoms with Gasteiger partial charge in [-0.1, -0.05) is 32.4 Å². The van der Waals surface area contributed by atoms with Crippen molar-refractivity contribution in [2.24, 2.45) is 0 Å². The molecule has 0 N–H and O–H groups in total. The van der Waals surface area contributed by atoms with Crippen LogP contribution in [0, 0.1) is 6.92 Å². The summed E-state index contributed by atoms with van der Waals surface area (Å²) >= 11 is 7.58. The highest BCUT2D eigenvalue weighted by molar-refractivity contribution is 8.00. The maximum absolute atomic E-state index is 5.77. The zero-order valence-corrected chi connectivity index (χ0v) is 9.96. The topological polar surface area (TPSA) is 12.9 Å². The molecule has 72 valence electrons. The van der Waals surface area contributed by atoms with E-state index in [0.29, 0.717) is 5.15 Å². The molecule has 0 radical (unpaired) electrons. The van der Waals surface area contributed by atoms with Crippen molar-refractivity contribution in [1.82, 2.24) is 4.98 Å². The number of thioether (sulfide) groups is 1. The lowest BCUT2D eigenvalue weighted by Crippen LogP contribution is -2.07. The van der Waals surface area contributed by atoms with E-state index in [0.717, 1.165) is 5.69 Å². The van der Waals surface area contributed by atoms with Crippen LogP contribution in [0.25, 0.3) is 0 Å². The predicted molar refractivity (Wildman–Crippen MR) is 59.6 cm³/mol.